The first-order chi connectivity index (χ1) is 12.1. The number of fused-ring (bicyclic) bond motifs is 3. The van der Waals surface area contributed by atoms with Gasteiger partial charge in [0.05, 0.1) is 5.52 Å². The zero-order chi connectivity index (χ0) is 17.4. The second-order valence-electron chi connectivity index (χ2n) is 5.83. The molecule has 2 aromatic heterocycles. The topological polar surface area (TPSA) is 73.3 Å². The van der Waals surface area contributed by atoms with Gasteiger partial charge in [-0.1, -0.05) is 60.3 Å². The Morgan fingerprint density at radius 2 is 1.80 bits per heavy atom. The molecule has 25 heavy (non-hydrogen) atoms. The van der Waals surface area contributed by atoms with E-state index in [1.165, 1.54) is 11.8 Å². The molecule has 2 heterocycles. The number of carbonyl (C=O) groups excluding carboxylic acids is 1. The van der Waals surface area contributed by atoms with Crippen LogP contribution in [-0.2, 0) is 4.79 Å². The maximum atomic E-state index is 12.0. The number of amides is 1. The highest BCUT2D eigenvalue weighted by atomic mass is 32.2. The summed E-state index contributed by atoms with van der Waals surface area (Å²) in [7, 11) is 0. The minimum absolute atomic E-state index is 0.399. The van der Waals surface area contributed by atoms with Crippen LogP contribution in [-0.4, -0.2) is 20.5 Å². The van der Waals surface area contributed by atoms with Crippen molar-refractivity contribution in [2.45, 2.75) is 17.3 Å². The van der Waals surface area contributed by atoms with Gasteiger partial charge in [0.25, 0.3) is 0 Å². The highest BCUT2D eigenvalue weighted by molar-refractivity contribution is 8.00. The highest BCUT2D eigenvalue weighted by Gasteiger charge is 2.23. The van der Waals surface area contributed by atoms with Gasteiger partial charge in [0.2, 0.25) is 5.91 Å². The third-order valence-corrected chi connectivity index (χ3v) is 5.37. The van der Waals surface area contributed by atoms with Crippen LogP contribution in [0.4, 0.5) is 0 Å². The molecule has 0 aliphatic heterocycles. The summed E-state index contributed by atoms with van der Waals surface area (Å²) in [5.74, 6) is -0.399. The number of aryl methyl sites for hydroxylation is 1. The van der Waals surface area contributed by atoms with Crippen molar-refractivity contribution < 1.29 is 4.79 Å². The lowest BCUT2D eigenvalue weighted by molar-refractivity contribution is -0.117. The smallest absolute Gasteiger partial charge is 0.235 e. The molecule has 1 amide bonds. The molecule has 0 aliphatic rings. The summed E-state index contributed by atoms with van der Waals surface area (Å²) < 4.78 is 1.98. The fourth-order valence-electron chi connectivity index (χ4n) is 2.97. The van der Waals surface area contributed by atoms with E-state index in [9.17, 15) is 4.79 Å². The Bertz CT molecular complexity index is 1070. The first-order valence-corrected chi connectivity index (χ1v) is 8.77. The number of aromatic nitrogens is 3. The summed E-state index contributed by atoms with van der Waals surface area (Å²) in [6.45, 7) is 2.06. The van der Waals surface area contributed by atoms with Crippen molar-refractivity contribution in [3.8, 4) is 0 Å². The molecule has 1 unspecified atom stereocenters. The standard InChI is InChI=1S/C19H16N4OS/c1-12-11-16-21-22-19(23(16)15-10-6-5-9-14(12)15)25-17(18(20)24)13-7-3-2-4-8-13/h2-11,17H,1H3,(H2,20,24). The number of rotatable bonds is 4. The molecule has 0 saturated carbocycles. The molecule has 0 aliphatic carbocycles. The van der Waals surface area contributed by atoms with Crippen molar-refractivity contribution >= 4 is 34.2 Å². The SMILES string of the molecule is Cc1cc2nnc(SC(C(N)=O)c3ccccc3)n2c2ccccc12. The molecule has 6 heteroatoms. The summed E-state index contributed by atoms with van der Waals surface area (Å²) in [6.07, 6.45) is 0. The number of nitrogens with two attached hydrogens (primary N) is 1. The summed E-state index contributed by atoms with van der Waals surface area (Å²) >= 11 is 1.32. The monoisotopic (exact) mass is 348 g/mol. The number of primary amides is 1. The molecule has 4 aromatic rings. The Hall–Kier alpha value is -2.86. The van der Waals surface area contributed by atoms with Crippen molar-refractivity contribution in [1.29, 1.82) is 0 Å². The minimum Gasteiger partial charge on any atom is -0.368 e. The van der Waals surface area contributed by atoms with Gasteiger partial charge >= 0.3 is 0 Å². The number of carbonyl (C=O) groups is 1. The first kappa shape index (κ1) is 15.7. The lowest BCUT2D eigenvalue weighted by atomic mass is 10.1. The second kappa shape index (κ2) is 6.22. The van der Waals surface area contributed by atoms with E-state index in [-0.39, 0.29) is 0 Å². The number of thioether (sulfide) groups is 1. The van der Waals surface area contributed by atoms with Gasteiger partial charge in [0, 0.05) is 5.39 Å². The number of benzene rings is 2. The van der Waals surface area contributed by atoms with E-state index in [0.717, 1.165) is 27.7 Å². The molecular formula is C19H16N4OS. The molecule has 1 atom stereocenters. The number of nitrogens with zero attached hydrogens (tertiary/aromatic N) is 3. The average molecular weight is 348 g/mol. The fraction of sp³-hybridized carbons (Fsp3) is 0.105. The van der Waals surface area contributed by atoms with E-state index in [1.807, 2.05) is 59.0 Å². The Balaban J connectivity index is 1.87. The molecule has 2 aromatic carbocycles. The van der Waals surface area contributed by atoms with Crippen molar-refractivity contribution in [2.24, 2.45) is 5.73 Å². The predicted octanol–water partition coefficient (Wildman–Crippen LogP) is 3.51. The van der Waals surface area contributed by atoms with E-state index in [0.29, 0.717) is 5.16 Å². The van der Waals surface area contributed by atoms with Crippen LogP contribution < -0.4 is 5.73 Å². The Labute approximate surface area is 148 Å². The number of hydrogen-bond acceptors (Lipinski definition) is 4. The van der Waals surface area contributed by atoms with Gasteiger partial charge in [0.15, 0.2) is 10.8 Å². The molecule has 0 radical (unpaired) electrons. The third kappa shape index (κ3) is 2.74. The van der Waals surface area contributed by atoms with E-state index in [2.05, 4.69) is 23.2 Å². The normalized spacial score (nSPS) is 12.5. The number of hydrogen-bond donors (Lipinski definition) is 1. The van der Waals surface area contributed by atoms with Crippen molar-refractivity contribution in [2.75, 3.05) is 0 Å². The average Bonchev–Trinajstić information content (AvgIpc) is 3.03. The Morgan fingerprint density at radius 3 is 2.56 bits per heavy atom. The van der Waals surface area contributed by atoms with Gasteiger partial charge in [0.1, 0.15) is 5.25 Å². The lowest BCUT2D eigenvalue weighted by Crippen LogP contribution is -2.19. The van der Waals surface area contributed by atoms with Gasteiger partial charge in [-0.25, -0.2) is 0 Å². The largest absolute Gasteiger partial charge is 0.368 e. The Kier molecular flexibility index (Phi) is 3.89. The van der Waals surface area contributed by atoms with Crippen molar-refractivity contribution in [3.63, 3.8) is 0 Å². The lowest BCUT2D eigenvalue weighted by Gasteiger charge is -2.13. The molecule has 0 spiro atoms. The zero-order valence-corrected chi connectivity index (χ0v) is 14.4. The minimum atomic E-state index is -0.520. The molecule has 0 saturated heterocycles. The summed E-state index contributed by atoms with van der Waals surface area (Å²) in [6, 6.07) is 19.6. The van der Waals surface area contributed by atoms with Gasteiger partial charge in [-0.15, -0.1) is 10.2 Å². The molecule has 124 valence electrons. The van der Waals surface area contributed by atoms with Gasteiger partial charge < -0.3 is 5.73 Å². The van der Waals surface area contributed by atoms with Crippen LogP contribution in [0.5, 0.6) is 0 Å². The molecule has 5 nitrogen and oxygen atoms in total. The van der Waals surface area contributed by atoms with Gasteiger partial charge in [-0.2, -0.15) is 0 Å². The summed E-state index contributed by atoms with van der Waals surface area (Å²) in [5, 5.41) is 9.84. The third-order valence-electron chi connectivity index (χ3n) is 4.16. The molecular weight excluding hydrogens is 332 g/mol. The maximum absolute atomic E-state index is 12.0. The van der Waals surface area contributed by atoms with Crippen molar-refractivity contribution in [3.05, 3.63) is 71.8 Å². The summed E-state index contributed by atoms with van der Waals surface area (Å²) in [4.78, 5) is 12.0. The number of para-hydroxylation sites is 1. The van der Waals surface area contributed by atoms with Crippen LogP contribution in [0.1, 0.15) is 16.4 Å². The van der Waals surface area contributed by atoms with E-state index in [1.54, 1.807) is 0 Å². The summed E-state index contributed by atoms with van der Waals surface area (Å²) in [5.41, 5.74) is 9.42. The zero-order valence-electron chi connectivity index (χ0n) is 13.6. The maximum Gasteiger partial charge on any atom is 0.235 e. The van der Waals surface area contributed by atoms with Crippen LogP contribution in [0.2, 0.25) is 0 Å². The first-order valence-electron chi connectivity index (χ1n) is 7.89. The van der Waals surface area contributed by atoms with Gasteiger partial charge in [-0.05, 0) is 30.2 Å². The van der Waals surface area contributed by atoms with E-state index < -0.39 is 11.2 Å². The van der Waals surface area contributed by atoms with E-state index >= 15 is 0 Å². The number of pyridine rings is 1. The van der Waals surface area contributed by atoms with Crippen LogP contribution in [0.3, 0.4) is 0 Å². The molecule has 0 fully saturated rings. The molecule has 4 rings (SSSR count). The highest BCUT2D eigenvalue weighted by Crippen LogP contribution is 2.35. The molecule has 2 N–H and O–H groups in total. The van der Waals surface area contributed by atoms with Gasteiger partial charge in [-0.3, -0.25) is 9.20 Å². The van der Waals surface area contributed by atoms with Crippen LogP contribution in [0, 0.1) is 6.92 Å². The van der Waals surface area contributed by atoms with Crippen LogP contribution in [0.25, 0.3) is 16.6 Å². The predicted molar refractivity (Wildman–Crippen MR) is 99.5 cm³/mol. The molecule has 0 bridgehead atoms. The van der Waals surface area contributed by atoms with Crippen LogP contribution >= 0.6 is 11.8 Å². The Morgan fingerprint density at radius 1 is 1.08 bits per heavy atom. The van der Waals surface area contributed by atoms with Crippen LogP contribution in [0.15, 0.2) is 65.8 Å². The second-order valence-corrected chi connectivity index (χ2v) is 6.90. The quantitative estimate of drug-likeness (QED) is 0.573. The van der Waals surface area contributed by atoms with E-state index in [4.69, 9.17) is 5.73 Å². The fourth-order valence-corrected chi connectivity index (χ4v) is 3.98. The van der Waals surface area contributed by atoms with Crippen molar-refractivity contribution in [1.82, 2.24) is 14.6 Å².